The smallest absolute Gasteiger partial charge is 0.292 e. The molecule has 0 unspecified atom stereocenters. The Kier molecular flexibility index (Phi) is 6.28. The lowest BCUT2D eigenvalue weighted by atomic mass is 10.1. The molecule has 3 rings (SSSR count). The highest BCUT2D eigenvalue weighted by Crippen LogP contribution is 2.36. The molecular formula is C18H9Cl3N2O5S. The molecule has 0 saturated carbocycles. The lowest BCUT2D eigenvalue weighted by Crippen LogP contribution is -2.33. The van der Waals surface area contributed by atoms with Crippen molar-refractivity contribution in [2.24, 2.45) is 0 Å². The van der Waals surface area contributed by atoms with Gasteiger partial charge in [-0.15, -0.1) is 0 Å². The van der Waals surface area contributed by atoms with Crippen LogP contribution in [0.25, 0.3) is 6.08 Å². The quantitative estimate of drug-likeness (QED) is 0.248. The Labute approximate surface area is 183 Å². The van der Waals surface area contributed by atoms with Crippen molar-refractivity contribution < 1.29 is 19.3 Å². The first-order valence-corrected chi connectivity index (χ1v) is 9.80. The molecule has 1 fully saturated rings. The van der Waals surface area contributed by atoms with Gasteiger partial charge in [-0.1, -0.05) is 34.8 Å². The number of Topliss-reactive ketones (excluding diaryl/α,β-unsaturated/α-hetero) is 1. The predicted octanol–water partition coefficient (Wildman–Crippen LogP) is 5.47. The molecule has 0 atom stereocenters. The topological polar surface area (TPSA) is 97.6 Å². The van der Waals surface area contributed by atoms with E-state index in [2.05, 4.69) is 0 Å². The van der Waals surface area contributed by atoms with E-state index in [0.717, 1.165) is 11.0 Å². The molecule has 1 aliphatic rings. The summed E-state index contributed by atoms with van der Waals surface area (Å²) in [6.07, 6.45) is 1.25. The van der Waals surface area contributed by atoms with Crippen LogP contribution in [0.4, 0.5) is 10.5 Å². The van der Waals surface area contributed by atoms with Crippen LogP contribution in [0.15, 0.2) is 41.3 Å². The number of hydrogen-bond donors (Lipinski definition) is 0. The van der Waals surface area contributed by atoms with E-state index < -0.39 is 28.4 Å². The van der Waals surface area contributed by atoms with Crippen LogP contribution < -0.4 is 0 Å². The highest BCUT2D eigenvalue weighted by atomic mass is 35.5. The van der Waals surface area contributed by atoms with E-state index in [1.165, 1.54) is 36.4 Å². The summed E-state index contributed by atoms with van der Waals surface area (Å²) in [5.74, 6) is -1.14. The van der Waals surface area contributed by atoms with Gasteiger partial charge in [0.1, 0.15) is 5.02 Å². The molecule has 1 aliphatic heterocycles. The summed E-state index contributed by atoms with van der Waals surface area (Å²) >= 11 is 18.2. The Morgan fingerprint density at radius 3 is 2.38 bits per heavy atom. The Bertz CT molecular complexity index is 1090. The lowest BCUT2D eigenvalue weighted by Gasteiger charge is -2.11. The number of nitro groups is 1. The number of carbonyl (C=O) groups is 3. The zero-order valence-electron chi connectivity index (χ0n) is 14.2. The van der Waals surface area contributed by atoms with E-state index in [-0.39, 0.29) is 26.2 Å². The minimum absolute atomic E-state index is 0.0163. The molecule has 0 aromatic heterocycles. The molecule has 0 N–H and O–H groups in total. The number of thioether (sulfide) groups is 1. The van der Waals surface area contributed by atoms with Gasteiger partial charge in [-0.25, -0.2) is 0 Å². The minimum Gasteiger partial charge on any atom is -0.292 e. The van der Waals surface area contributed by atoms with Crippen LogP contribution in [0, 0.1) is 10.1 Å². The number of rotatable bonds is 5. The number of amides is 2. The maximum absolute atomic E-state index is 12.6. The van der Waals surface area contributed by atoms with Gasteiger partial charge < -0.3 is 0 Å². The van der Waals surface area contributed by atoms with Crippen LogP contribution >= 0.6 is 46.6 Å². The van der Waals surface area contributed by atoms with Crippen LogP contribution in [-0.2, 0) is 4.79 Å². The van der Waals surface area contributed by atoms with Crippen molar-refractivity contribution in [3.05, 3.63) is 77.6 Å². The van der Waals surface area contributed by atoms with Crippen LogP contribution in [-0.4, -0.2) is 33.3 Å². The molecule has 7 nitrogen and oxygen atoms in total. The second-order valence-electron chi connectivity index (χ2n) is 5.78. The van der Waals surface area contributed by atoms with E-state index in [9.17, 15) is 24.5 Å². The van der Waals surface area contributed by atoms with Gasteiger partial charge >= 0.3 is 0 Å². The number of carbonyl (C=O) groups excluding carboxylic acids is 3. The number of nitro benzene ring substituents is 1. The first-order chi connectivity index (χ1) is 13.7. The molecule has 0 aliphatic carbocycles. The lowest BCUT2D eigenvalue weighted by molar-refractivity contribution is -0.384. The van der Waals surface area contributed by atoms with Gasteiger partial charge in [0.2, 0.25) is 0 Å². The first kappa shape index (κ1) is 21.3. The maximum Gasteiger partial charge on any atom is 0.293 e. The van der Waals surface area contributed by atoms with E-state index >= 15 is 0 Å². The monoisotopic (exact) mass is 470 g/mol. The molecule has 11 heteroatoms. The third kappa shape index (κ3) is 4.62. The van der Waals surface area contributed by atoms with Crippen molar-refractivity contribution in [1.29, 1.82) is 0 Å². The summed E-state index contributed by atoms with van der Waals surface area (Å²) in [6, 6.07) is 8.33. The summed E-state index contributed by atoms with van der Waals surface area (Å²) < 4.78 is 0. The number of benzene rings is 2. The first-order valence-electron chi connectivity index (χ1n) is 7.85. The van der Waals surface area contributed by atoms with Gasteiger partial charge in [0.15, 0.2) is 5.78 Å². The molecule has 2 aromatic carbocycles. The van der Waals surface area contributed by atoms with E-state index in [1.54, 1.807) is 0 Å². The summed E-state index contributed by atoms with van der Waals surface area (Å²) in [7, 11) is 0. The summed E-state index contributed by atoms with van der Waals surface area (Å²) in [6.45, 7) is -0.446. The Morgan fingerprint density at radius 2 is 1.76 bits per heavy atom. The minimum atomic E-state index is -0.698. The molecule has 2 aromatic rings. The second kappa shape index (κ2) is 8.54. The molecule has 29 heavy (non-hydrogen) atoms. The molecule has 1 heterocycles. The fraction of sp³-hybridized carbons (Fsp3) is 0.0556. The van der Waals surface area contributed by atoms with Crippen LogP contribution in [0.5, 0.6) is 0 Å². The number of ketones is 1. The van der Waals surface area contributed by atoms with Crippen molar-refractivity contribution in [3.63, 3.8) is 0 Å². The van der Waals surface area contributed by atoms with Gasteiger partial charge in [-0.3, -0.25) is 29.4 Å². The van der Waals surface area contributed by atoms with Crippen molar-refractivity contribution in [3.8, 4) is 0 Å². The number of hydrogen-bond acceptors (Lipinski definition) is 6. The van der Waals surface area contributed by atoms with Crippen LogP contribution in [0.3, 0.4) is 0 Å². The van der Waals surface area contributed by atoms with Gasteiger partial charge in [0.25, 0.3) is 16.8 Å². The van der Waals surface area contributed by atoms with E-state index in [0.29, 0.717) is 22.3 Å². The zero-order chi connectivity index (χ0) is 21.3. The standard InChI is InChI=1S/C18H9Cl3N2O5S/c19-11-3-1-9(2-4-11)15(24)8-22-17(25)16(29-18(22)26)6-10-5-14(23(27)28)13(21)7-12(10)20/h1-7H,8H2/b16-6-. The van der Waals surface area contributed by atoms with Gasteiger partial charge in [-0.2, -0.15) is 0 Å². The van der Waals surface area contributed by atoms with Gasteiger partial charge in [-0.05, 0) is 48.2 Å². The average Bonchev–Trinajstić information content (AvgIpc) is 2.91. The normalized spacial score (nSPS) is 15.3. The molecule has 0 spiro atoms. The molecule has 148 valence electrons. The fourth-order valence-electron chi connectivity index (χ4n) is 2.45. The Balaban J connectivity index is 1.85. The van der Waals surface area contributed by atoms with Gasteiger partial charge in [0.05, 0.1) is 16.4 Å². The maximum atomic E-state index is 12.6. The third-order valence-electron chi connectivity index (χ3n) is 3.89. The van der Waals surface area contributed by atoms with Crippen molar-refractivity contribution >= 4 is 75.3 Å². The highest BCUT2D eigenvalue weighted by molar-refractivity contribution is 8.18. The highest BCUT2D eigenvalue weighted by Gasteiger charge is 2.36. The average molecular weight is 472 g/mol. The van der Waals surface area contributed by atoms with Crippen LogP contribution in [0.2, 0.25) is 15.1 Å². The number of imide groups is 1. The summed E-state index contributed by atoms with van der Waals surface area (Å²) in [5, 5.41) is 10.8. The molecular weight excluding hydrogens is 463 g/mol. The van der Waals surface area contributed by atoms with Crippen LogP contribution in [0.1, 0.15) is 15.9 Å². The van der Waals surface area contributed by atoms with Gasteiger partial charge in [0, 0.05) is 27.2 Å². The van der Waals surface area contributed by atoms with E-state index in [1.807, 2.05) is 0 Å². The van der Waals surface area contributed by atoms with E-state index in [4.69, 9.17) is 34.8 Å². The SMILES string of the molecule is O=C(CN1C(=O)S/C(=C\c2cc([N+](=O)[O-])c(Cl)cc2Cl)C1=O)c1ccc(Cl)cc1. The third-order valence-corrected chi connectivity index (χ3v) is 5.68. The van der Waals surface area contributed by atoms with Crippen molar-refractivity contribution in [2.75, 3.05) is 6.54 Å². The fourth-order valence-corrected chi connectivity index (χ4v) is 3.91. The largest absolute Gasteiger partial charge is 0.293 e. The molecule has 0 radical (unpaired) electrons. The Hall–Kier alpha value is -2.39. The Morgan fingerprint density at radius 1 is 1.10 bits per heavy atom. The predicted molar refractivity (Wildman–Crippen MR) is 112 cm³/mol. The number of nitrogens with zero attached hydrogens (tertiary/aromatic N) is 2. The molecule has 1 saturated heterocycles. The molecule has 2 amide bonds. The van der Waals surface area contributed by atoms with Crippen molar-refractivity contribution in [1.82, 2.24) is 4.90 Å². The summed E-state index contributed by atoms with van der Waals surface area (Å²) in [4.78, 5) is 48.3. The summed E-state index contributed by atoms with van der Waals surface area (Å²) in [5.41, 5.74) is 0.0607. The molecule has 0 bridgehead atoms. The van der Waals surface area contributed by atoms with Crippen molar-refractivity contribution in [2.45, 2.75) is 0 Å². The zero-order valence-corrected chi connectivity index (χ0v) is 17.3. The second-order valence-corrected chi connectivity index (χ2v) is 8.02. The number of halogens is 3.